The molecule has 0 aliphatic rings. The Bertz CT molecular complexity index is 535. The third-order valence-corrected chi connectivity index (χ3v) is 3.33. The van der Waals surface area contributed by atoms with Gasteiger partial charge in [-0.2, -0.15) is 4.98 Å². The first-order valence-electron chi connectivity index (χ1n) is 5.47. The molecule has 96 valence electrons. The van der Waals surface area contributed by atoms with E-state index in [4.69, 9.17) is 9.63 Å². The van der Waals surface area contributed by atoms with Gasteiger partial charge in [-0.1, -0.05) is 5.16 Å². The predicted molar refractivity (Wildman–Crippen MR) is 65.7 cm³/mol. The van der Waals surface area contributed by atoms with Crippen molar-refractivity contribution in [2.75, 3.05) is 6.54 Å². The number of nitrogens with one attached hydrogen (secondary N) is 1. The summed E-state index contributed by atoms with van der Waals surface area (Å²) in [5.41, 5.74) is 0. The fourth-order valence-electron chi connectivity index (χ4n) is 1.44. The quantitative estimate of drug-likeness (QED) is 0.770. The van der Waals surface area contributed by atoms with Gasteiger partial charge in [0.2, 0.25) is 5.89 Å². The lowest BCUT2D eigenvalue weighted by molar-refractivity contribution is 0.0702. The van der Waals surface area contributed by atoms with Gasteiger partial charge in [0.25, 0.3) is 0 Å². The van der Waals surface area contributed by atoms with Crippen LogP contribution in [0, 0.1) is 6.92 Å². The van der Waals surface area contributed by atoms with Gasteiger partial charge in [-0.25, -0.2) is 4.79 Å². The van der Waals surface area contributed by atoms with Gasteiger partial charge in [0, 0.05) is 24.4 Å². The number of carboxylic acid groups (broad SMARTS) is 1. The van der Waals surface area contributed by atoms with Crippen molar-refractivity contribution in [2.24, 2.45) is 0 Å². The van der Waals surface area contributed by atoms with Crippen molar-refractivity contribution in [2.45, 2.75) is 19.9 Å². The number of aromatic nitrogens is 2. The summed E-state index contributed by atoms with van der Waals surface area (Å²) in [5, 5.41) is 15.7. The van der Waals surface area contributed by atoms with Crippen molar-refractivity contribution >= 4 is 17.3 Å². The monoisotopic (exact) mass is 267 g/mol. The lowest BCUT2D eigenvalue weighted by Crippen LogP contribution is -2.16. The third kappa shape index (κ3) is 3.38. The molecule has 18 heavy (non-hydrogen) atoms. The second-order valence-corrected chi connectivity index (χ2v) is 4.90. The minimum atomic E-state index is -0.882. The van der Waals surface area contributed by atoms with E-state index in [1.54, 1.807) is 13.0 Å². The number of rotatable bonds is 6. The van der Waals surface area contributed by atoms with Crippen LogP contribution in [0.2, 0.25) is 0 Å². The highest BCUT2D eigenvalue weighted by molar-refractivity contribution is 7.13. The van der Waals surface area contributed by atoms with Crippen LogP contribution in [-0.2, 0) is 13.0 Å². The summed E-state index contributed by atoms with van der Waals surface area (Å²) in [7, 11) is 0. The summed E-state index contributed by atoms with van der Waals surface area (Å²) in [6.07, 6.45) is 0.665. The molecule has 0 spiro atoms. The van der Waals surface area contributed by atoms with Crippen molar-refractivity contribution in [3.05, 3.63) is 33.6 Å². The van der Waals surface area contributed by atoms with Gasteiger partial charge >= 0.3 is 5.97 Å². The molecule has 0 saturated heterocycles. The molecule has 2 rings (SSSR count). The lowest BCUT2D eigenvalue weighted by atomic mass is 10.4. The van der Waals surface area contributed by atoms with Crippen LogP contribution in [0.3, 0.4) is 0 Å². The highest BCUT2D eigenvalue weighted by Gasteiger charge is 2.06. The normalized spacial score (nSPS) is 10.7. The van der Waals surface area contributed by atoms with Crippen molar-refractivity contribution in [1.82, 2.24) is 15.5 Å². The van der Waals surface area contributed by atoms with Gasteiger partial charge in [-0.15, -0.1) is 11.3 Å². The standard InChI is InChI=1S/C11H13N3O3S/c1-7-13-10(17-14-7)4-5-12-6-8-2-3-9(18-8)11(15)16/h2-3,12H,4-6H2,1H3,(H,15,16). The average molecular weight is 267 g/mol. The Morgan fingerprint density at radius 2 is 2.39 bits per heavy atom. The van der Waals surface area contributed by atoms with Crippen LogP contribution >= 0.6 is 11.3 Å². The Morgan fingerprint density at radius 3 is 3.00 bits per heavy atom. The van der Waals surface area contributed by atoms with Gasteiger partial charge in [-0.3, -0.25) is 0 Å². The largest absolute Gasteiger partial charge is 0.477 e. The first kappa shape index (κ1) is 12.7. The Kier molecular flexibility index (Phi) is 4.06. The maximum atomic E-state index is 10.7. The molecule has 0 amide bonds. The van der Waals surface area contributed by atoms with E-state index in [1.165, 1.54) is 11.3 Å². The summed E-state index contributed by atoms with van der Waals surface area (Å²) in [4.78, 5) is 16.1. The number of aryl methyl sites for hydroxylation is 1. The summed E-state index contributed by atoms with van der Waals surface area (Å²) in [6.45, 7) is 3.13. The number of thiophene rings is 1. The molecule has 2 N–H and O–H groups in total. The Balaban J connectivity index is 1.73. The molecule has 0 aliphatic carbocycles. The van der Waals surface area contributed by atoms with Gasteiger partial charge in [0.05, 0.1) is 0 Å². The van der Waals surface area contributed by atoms with E-state index in [1.807, 2.05) is 6.07 Å². The maximum Gasteiger partial charge on any atom is 0.345 e. The molecular weight excluding hydrogens is 254 g/mol. The van der Waals surface area contributed by atoms with E-state index in [0.29, 0.717) is 36.1 Å². The number of carbonyl (C=O) groups is 1. The van der Waals surface area contributed by atoms with Gasteiger partial charge < -0.3 is 14.9 Å². The number of hydrogen-bond acceptors (Lipinski definition) is 6. The zero-order valence-electron chi connectivity index (χ0n) is 9.84. The summed E-state index contributed by atoms with van der Waals surface area (Å²) in [6, 6.07) is 3.43. The van der Waals surface area contributed by atoms with Crippen LogP contribution in [0.15, 0.2) is 16.7 Å². The fraction of sp³-hybridized carbons (Fsp3) is 0.364. The summed E-state index contributed by atoms with van der Waals surface area (Å²) >= 11 is 1.28. The Morgan fingerprint density at radius 1 is 1.56 bits per heavy atom. The molecule has 0 atom stereocenters. The Labute approximate surface area is 108 Å². The van der Waals surface area contributed by atoms with Crippen molar-refractivity contribution in [3.8, 4) is 0 Å². The topological polar surface area (TPSA) is 88.2 Å². The molecule has 0 saturated carbocycles. The lowest BCUT2D eigenvalue weighted by Gasteiger charge is -1.99. The van der Waals surface area contributed by atoms with E-state index >= 15 is 0 Å². The highest BCUT2D eigenvalue weighted by Crippen LogP contribution is 2.15. The zero-order valence-corrected chi connectivity index (χ0v) is 10.7. The Hall–Kier alpha value is -1.73. The molecule has 2 aromatic heterocycles. The second-order valence-electron chi connectivity index (χ2n) is 3.73. The maximum absolute atomic E-state index is 10.7. The molecule has 0 aliphatic heterocycles. The van der Waals surface area contributed by atoms with Crippen LogP contribution in [-0.4, -0.2) is 27.8 Å². The van der Waals surface area contributed by atoms with Crippen LogP contribution in [0.5, 0.6) is 0 Å². The molecule has 0 fully saturated rings. The summed E-state index contributed by atoms with van der Waals surface area (Å²) < 4.78 is 4.98. The van der Waals surface area contributed by atoms with Gasteiger partial charge in [0.15, 0.2) is 5.82 Å². The molecule has 0 unspecified atom stereocenters. The zero-order chi connectivity index (χ0) is 13.0. The van der Waals surface area contributed by atoms with E-state index in [9.17, 15) is 4.79 Å². The molecule has 0 radical (unpaired) electrons. The number of aromatic carboxylic acids is 1. The first-order chi connectivity index (χ1) is 8.65. The van der Waals surface area contributed by atoms with Crippen LogP contribution in [0.25, 0.3) is 0 Å². The van der Waals surface area contributed by atoms with E-state index in [-0.39, 0.29) is 0 Å². The summed E-state index contributed by atoms with van der Waals surface area (Å²) in [5.74, 6) is 0.361. The smallest absolute Gasteiger partial charge is 0.345 e. The SMILES string of the molecule is Cc1noc(CCNCc2ccc(C(=O)O)s2)n1. The first-order valence-corrected chi connectivity index (χ1v) is 6.28. The molecule has 0 bridgehead atoms. The van der Waals surface area contributed by atoms with Gasteiger partial charge in [-0.05, 0) is 19.1 Å². The molecule has 2 heterocycles. The minimum Gasteiger partial charge on any atom is -0.477 e. The minimum absolute atomic E-state index is 0.360. The molecule has 6 nitrogen and oxygen atoms in total. The number of nitrogens with zero attached hydrogens (tertiary/aromatic N) is 2. The van der Waals surface area contributed by atoms with E-state index in [0.717, 1.165) is 4.88 Å². The van der Waals surface area contributed by atoms with Crippen molar-refractivity contribution in [3.63, 3.8) is 0 Å². The average Bonchev–Trinajstić information content (AvgIpc) is 2.93. The number of carboxylic acids is 1. The molecule has 7 heteroatoms. The molecule has 2 aromatic rings. The van der Waals surface area contributed by atoms with Crippen LogP contribution in [0.4, 0.5) is 0 Å². The van der Waals surface area contributed by atoms with Crippen LogP contribution < -0.4 is 5.32 Å². The highest BCUT2D eigenvalue weighted by atomic mass is 32.1. The molecular formula is C11H13N3O3S. The second kappa shape index (κ2) is 5.74. The predicted octanol–water partition coefficient (Wildman–Crippen LogP) is 1.47. The third-order valence-electron chi connectivity index (χ3n) is 2.26. The van der Waals surface area contributed by atoms with Crippen molar-refractivity contribution < 1.29 is 14.4 Å². The van der Waals surface area contributed by atoms with Crippen LogP contribution in [0.1, 0.15) is 26.3 Å². The molecule has 0 aromatic carbocycles. The number of hydrogen-bond donors (Lipinski definition) is 2. The van der Waals surface area contributed by atoms with E-state index < -0.39 is 5.97 Å². The fourth-order valence-corrected chi connectivity index (χ4v) is 2.25. The van der Waals surface area contributed by atoms with E-state index in [2.05, 4.69) is 15.5 Å². The van der Waals surface area contributed by atoms with Crippen molar-refractivity contribution in [1.29, 1.82) is 0 Å². The van der Waals surface area contributed by atoms with Gasteiger partial charge in [0.1, 0.15) is 4.88 Å².